The SMILES string of the molecule is Cc1cc(NC(=O)c2cscn2)c2ccccc2n1. The van der Waals surface area contributed by atoms with E-state index < -0.39 is 0 Å². The highest BCUT2D eigenvalue weighted by molar-refractivity contribution is 7.07. The summed E-state index contributed by atoms with van der Waals surface area (Å²) < 4.78 is 0. The third kappa shape index (κ3) is 2.32. The van der Waals surface area contributed by atoms with Crippen molar-refractivity contribution in [3.05, 3.63) is 52.6 Å². The highest BCUT2D eigenvalue weighted by Gasteiger charge is 2.10. The van der Waals surface area contributed by atoms with E-state index in [2.05, 4.69) is 15.3 Å². The molecule has 2 heterocycles. The van der Waals surface area contributed by atoms with Crippen LogP contribution in [0.25, 0.3) is 10.9 Å². The van der Waals surface area contributed by atoms with Gasteiger partial charge < -0.3 is 5.32 Å². The lowest BCUT2D eigenvalue weighted by Gasteiger charge is -2.08. The Hall–Kier alpha value is -2.27. The summed E-state index contributed by atoms with van der Waals surface area (Å²) >= 11 is 1.40. The van der Waals surface area contributed by atoms with Crippen molar-refractivity contribution in [3.63, 3.8) is 0 Å². The van der Waals surface area contributed by atoms with E-state index in [-0.39, 0.29) is 5.91 Å². The molecule has 94 valence electrons. The number of rotatable bonds is 2. The maximum Gasteiger partial charge on any atom is 0.275 e. The van der Waals surface area contributed by atoms with Gasteiger partial charge in [-0.1, -0.05) is 18.2 Å². The molecule has 0 spiro atoms. The lowest BCUT2D eigenvalue weighted by atomic mass is 10.1. The number of fused-ring (bicyclic) bond motifs is 1. The number of aromatic nitrogens is 2. The predicted molar refractivity (Wildman–Crippen MR) is 76.5 cm³/mol. The van der Waals surface area contributed by atoms with Crippen LogP contribution in [0.15, 0.2) is 41.2 Å². The van der Waals surface area contributed by atoms with Crippen LogP contribution in [0.4, 0.5) is 5.69 Å². The molecule has 0 aliphatic rings. The minimum absolute atomic E-state index is 0.197. The fourth-order valence-corrected chi connectivity index (χ4v) is 2.45. The van der Waals surface area contributed by atoms with Gasteiger partial charge in [-0.2, -0.15) is 0 Å². The van der Waals surface area contributed by atoms with Gasteiger partial charge in [-0.25, -0.2) is 4.98 Å². The summed E-state index contributed by atoms with van der Waals surface area (Å²) in [6.07, 6.45) is 0. The highest BCUT2D eigenvalue weighted by Crippen LogP contribution is 2.23. The maximum atomic E-state index is 12.0. The molecule has 0 aliphatic heterocycles. The molecule has 0 saturated heterocycles. The van der Waals surface area contributed by atoms with E-state index in [9.17, 15) is 4.79 Å². The molecule has 0 fully saturated rings. The Morgan fingerprint density at radius 2 is 2.16 bits per heavy atom. The van der Waals surface area contributed by atoms with Crippen LogP contribution in [0.2, 0.25) is 0 Å². The second-order valence-electron chi connectivity index (χ2n) is 4.16. The number of anilines is 1. The molecule has 0 atom stereocenters. The van der Waals surface area contributed by atoms with Crippen molar-refractivity contribution in [2.45, 2.75) is 6.92 Å². The molecular formula is C14H11N3OS. The minimum Gasteiger partial charge on any atom is -0.320 e. The Balaban J connectivity index is 2.03. The molecule has 2 aromatic heterocycles. The van der Waals surface area contributed by atoms with Gasteiger partial charge in [-0.15, -0.1) is 11.3 Å². The van der Waals surface area contributed by atoms with Crippen LogP contribution < -0.4 is 5.32 Å². The fraction of sp³-hybridized carbons (Fsp3) is 0.0714. The largest absolute Gasteiger partial charge is 0.320 e. The van der Waals surface area contributed by atoms with Gasteiger partial charge in [-0.05, 0) is 19.1 Å². The summed E-state index contributed by atoms with van der Waals surface area (Å²) in [5.41, 5.74) is 4.58. The van der Waals surface area contributed by atoms with Crippen molar-refractivity contribution in [1.29, 1.82) is 0 Å². The smallest absolute Gasteiger partial charge is 0.275 e. The van der Waals surface area contributed by atoms with Crippen molar-refractivity contribution in [1.82, 2.24) is 9.97 Å². The van der Waals surface area contributed by atoms with Gasteiger partial charge in [0.2, 0.25) is 0 Å². The van der Waals surface area contributed by atoms with Gasteiger partial charge in [0, 0.05) is 16.5 Å². The molecule has 0 saturated carbocycles. The molecule has 1 amide bonds. The third-order valence-corrected chi connectivity index (χ3v) is 3.34. The number of nitrogens with zero attached hydrogens (tertiary/aromatic N) is 2. The van der Waals surface area contributed by atoms with E-state index in [1.54, 1.807) is 10.9 Å². The van der Waals surface area contributed by atoms with Gasteiger partial charge in [0.25, 0.3) is 5.91 Å². The Morgan fingerprint density at radius 1 is 1.32 bits per heavy atom. The quantitative estimate of drug-likeness (QED) is 0.777. The Morgan fingerprint density at radius 3 is 2.95 bits per heavy atom. The van der Waals surface area contributed by atoms with Crippen LogP contribution in [0, 0.1) is 6.92 Å². The average Bonchev–Trinajstić information content (AvgIpc) is 2.92. The van der Waals surface area contributed by atoms with Gasteiger partial charge in [0.15, 0.2) is 0 Å². The number of amides is 1. The third-order valence-electron chi connectivity index (χ3n) is 2.76. The van der Waals surface area contributed by atoms with Gasteiger partial charge >= 0.3 is 0 Å². The number of carbonyl (C=O) groups excluding carboxylic acids is 1. The van der Waals surface area contributed by atoms with Crippen molar-refractivity contribution >= 4 is 33.8 Å². The number of carbonyl (C=O) groups is 1. The van der Waals surface area contributed by atoms with Crippen LogP contribution in [0.5, 0.6) is 0 Å². The molecule has 0 bridgehead atoms. The van der Waals surface area contributed by atoms with Crippen LogP contribution in [-0.4, -0.2) is 15.9 Å². The van der Waals surface area contributed by atoms with E-state index in [1.165, 1.54) is 11.3 Å². The van der Waals surface area contributed by atoms with Crippen LogP contribution in [0.1, 0.15) is 16.2 Å². The summed E-state index contributed by atoms with van der Waals surface area (Å²) in [5, 5.41) is 5.55. The van der Waals surface area contributed by atoms with Gasteiger partial charge in [0.1, 0.15) is 5.69 Å². The van der Waals surface area contributed by atoms with Crippen LogP contribution in [-0.2, 0) is 0 Å². The molecule has 4 nitrogen and oxygen atoms in total. The van der Waals surface area contributed by atoms with E-state index in [1.807, 2.05) is 37.3 Å². The van der Waals surface area contributed by atoms with Crippen LogP contribution >= 0.6 is 11.3 Å². The van der Waals surface area contributed by atoms with Gasteiger partial charge in [-0.3, -0.25) is 9.78 Å². The van der Waals surface area contributed by atoms with E-state index in [0.29, 0.717) is 5.69 Å². The molecule has 0 unspecified atom stereocenters. The first kappa shape index (κ1) is 11.8. The zero-order valence-electron chi connectivity index (χ0n) is 10.3. The molecule has 0 aliphatic carbocycles. The summed E-state index contributed by atoms with van der Waals surface area (Å²) in [6, 6.07) is 9.60. The Kier molecular flexibility index (Phi) is 2.97. The molecule has 19 heavy (non-hydrogen) atoms. The lowest BCUT2D eigenvalue weighted by molar-refractivity contribution is 0.102. The number of aryl methyl sites for hydroxylation is 1. The van der Waals surface area contributed by atoms with Crippen molar-refractivity contribution in [2.24, 2.45) is 0 Å². The monoisotopic (exact) mass is 269 g/mol. The molecule has 3 aromatic rings. The lowest BCUT2D eigenvalue weighted by Crippen LogP contribution is -2.12. The number of pyridine rings is 1. The maximum absolute atomic E-state index is 12.0. The zero-order valence-corrected chi connectivity index (χ0v) is 11.1. The highest BCUT2D eigenvalue weighted by atomic mass is 32.1. The Labute approximate surface area is 114 Å². The molecule has 5 heteroatoms. The fourth-order valence-electron chi connectivity index (χ4n) is 1.92. The molecule has 0 radical (unpaired) electrons. The summed E-state index contributed by atoms with van der Waals surface area (Å²) in [4.78, 5) is 20.5. The number of nitrogens with one attached hydrogen (secondary N) is 1. The first-order valence-corrected chi connectivity index (χ1v) is 6.74. The molecule has 1 aromatic carbocycles. The number of thiazole rings is 1. The Bertz CT molecular complexity index is 738. The topological polar surface area (TPSA) is 54.9 Å². The van der Waals surface area contributed by atoms with Crippen molar-refractivity contribution < 1.29 is 4.79 Å². The van der Waals surface area contributed by atoms with E-state index in [4.69, 9.17) is 0 Å². The zero-order chi connectivity index (χ0) is 13.2. The van der Waals surface area contributed by atoms with Crippen LogP contribution in [0.3, 0.4) is 0 Å². The van der Waals surface area contributed by atoms with Crippen molar-refractivity contribution in [2.75, 3.05) is 5.32 Å². The van der Waals surface area contributed by atoms with E-state index >= 15 is 0 Å². The summed E-state index contributed by atoms with van der Waals surface area (Å²) in [5.74, 6) is -0.197. The summed E-state index contributed by atoms with van der Waals surface area (Å²) in [7, 11) is 0. The molecule has 1 N–H and O–H groups in total. The van der Waals surface area contributed by atoms with Gasteiger partial charge in [0.05, 0.1) is 16.7 Å². The second-order valence-corrected chi connectivity index (χ2v) is 4.87. The number of para-hydroxylation sites is 1. The average molecular weight is 269 g/mol. The predicted octanol–water partition coefficient (Wildman–Crippen LogP) is 3.25. The second kappa shape index (κ2) is 4.78. The standard InChI is InChI=1S/C14H11N3OS/c1-9-6-12(10-4-2-3-5-11(10)16-9)17-14(18)13-7-19-8-15-13/h2-8H,1H3,(H,16,17,18). The number of hydrogen-bond acceptors (Lipinski definition) is 4. The minimum atomic E-state index is -0.197. The summed E-state index contributed by atoms with van der Waals surface area (Å²) in [6.45, 7) is 1.91. The van der Waals surface area contributed by atoms with Crippen molar-refractivity contribution in [3.8, 4) is 0 Å². The number of hydrogen-bond donors (Lipinski definition) is 1. The first-order valence-electron chi connectivity index (χ1n) is 5.80. The molecular weight excluding hydrogens is 258 g/mol. The first-order chi connectivity index (χ1) is 9.24. The molecule has 3 rings (SSSR count). The van der Waals surface area contributed by atoms with E-state index in [0.717, 1.165) is 22.3 Å². The number of benzene rings is 1. The normalized spacial score (nSPS) is 10.6.